The van der Waals surface area contributed by atoms with Crippen molar-refractivity contribution < 1.29 is 9.53 Å². The van der Waals surface area contributed by atoms with Crippen molar-refractivity contribution in [1.82, 2.24) is 15.1 Å². The summed E-state index contributed by atoms with van der Waals surface area (Å²) in [6.45, 7) is 6.82. The monoisotopic (exact) mass is 343 g/mol. The third-order valence-electron chi connectivity index (χ3n) is 5.75. The van der Waals surface area contributed by atoms with Crippen LogP contribution in [0.2, 0.25) is 0 Å². The van der Waals surface area contributed by atoms with Crippen molar-refractivity contribution in [2.45, 2.75) is 44.4 Å². The number of ether oxygens (including phenoxy) is 1. The second kappa shape index (κ2) is 7.85. The molecule has 3 heterocycles. The molecule has 0 spiro atoms. The SMILES string of the molecule is O=C(NCC1CN2CCCC2CO1)c1cccc(CN2CCCC2)c1. The summed E-state index contributed by atoms with van der Waals surface area (Å²) < 4.78 is 5.93. The van der Waals surface area contributed by atoms with Crippen LogP contribution in [0.5, 0.6) is 0 Å². The van der Waals surface area contributed by atoms with Gasteiger partial charge in [-0.1, -0.05) is 12.1 Å². The highest BCUT2D eigenvalue weighted by Gasteiger charge is 2.32. The second-order valence-electron chi connectivity index (χ2n) is 7.64. The van der Waals surface area contributed by atoms with Crippen molar-refractivity contribution >= 4 is 5.91 Å². The van der Waals surface area contributed by atoms with Gasteiger partial charge in [0.15, 0.2) is 0 Å². The zero-order valence-electron chi connectivity index (χ0n) is 15.0. The first-order chi connectivity index (χ1) is 12.3. The minimum absolute atomic E-state index is 0.00965. The van der Waals surface area contributed by atoms with E-state index in [2.05, 4.69) is 21.2 Å². The van der Waals surface area contributed by atoms with E-state index in [1.54, 1.807) is 0 Å². The van der Waals surface area contributed by atoms with Gasteiger partial charge < -0.3 is 10.1 Å². The predicted molar refractivity (Wildman–Crippen MR) is 97.6 cm³/mol. The molecule has 0 radical (unpaired) electrons. The zero-order valence-corrected chi connectivity index (χ0v) is 15.0. The first-order valence-electron chi connectivity index (χ1n) is 9.73. The van der Waals surface area contributed by atoms with Crippen LogP contribution >= 0.6 is 0 Å². The maximum absolute atomic E-state index is 12.5. The van der Waals surface area contributed by atoms with E-state index in [0.717, 1.165) is 25.3 Å². The lowest BCUT2D eigenvalue weighted by molar-refractivity contribution is -0.0461. The summed E-state index contributed by atoms with van der Waals surface area (Å²) in [7, 11) is 0. The zero-order chi connectivity index (χ0) is 17.1. The molecule has 0 saturated carbocycles. The Morgan fingerprint density at radius 2 is 2.08 bits per heavy atom. The summed E-state index contributed by atoms with van der Waals surface area (Å²) >= 11 is 0. The molecule has 3 saturated heterocycles. The molecule has 0 aromatic heterocycles. The summed E-state index contributed by atoms with van der Waals surface area (Å²) in [6, 6.07) is 8.65. The summed E-state index contributed by atoms with van der Waals surface area (Å²) in [5.74, 6) is 0.00965. The van der Waals surface area contributed by atoms with Crippen molar-refractivity contribution in [2.75, 3.05) is 39.3 Å². The van der Waals surface area contributed by atoms with Gasteiger partial charge in [0.05, 0.1) is 12.7 Å². The smallest absolute Gasteiger partial charge is 0.251 e. The van der Waals surface area contributed by atoms with Crippen LogP contribution < -0.4 is 5.32 Å². The van der Waals surface area contributed by atoms with Crippen molar-refractivity contribution in [3.8, 4) is 0 Å². The number of nitrogens with one attached hydrogen (secondary N) is 1. The summed E-state index contributed by atoms with van der Waals surface area (Å²) in [4.78, 5) is 17.5. The van der Waals surface area contributed by atoms with Gasteiger partial charge in [-0.2, -0.15) is 0 Å². The van der Waals surface area contributed by atoms with Crippen LogP contribution in [-0.2, 0) is 11.3 Å². The molecule has 2 unspecified atom stereocenters. The Bertz CT molecular complexity index is 600. The largest absolute Gasteiger partial charge is 0.373 e. The van der Waals surface area contributed by atoms with Crippen molar-refractivity contribution in [1.29, 1.82) is 0 Å². The number of hydrogen-bond donors (Lipinski definition) is 1. The van der Waals surface area contributed by atoms with Gasteiger partial charge in [0, 0.05) is 31.2 Å². The lowest BCUT2D eigenvalue weighted by Gasteiger charge is -2.35. The maximum atomic E-state index is 12.5. The molecule has 5 nitrogen and oxygen atoms in total. The molecule has 1 aromatic carbocycles. The Kier molecular flexibility index (Phi) is 5.34. The fourth-order valence-electron chi connectivity index (χ4n) is 4.33. The van der Waals surface area contributed by atoms with Gasteiger partial charge in [-0.15, -0.1) is 0 Å². The molecule has 1 N–H and O–H groups in total. The molecule has 5 heteroatoms. The van der Waals surface area contributed by atoms with Crippen molar-refractivity contribution in [3.63, 3.8) is 0 Å². The van der Waals surface area contributed by atoms with Crippen LogP contribution in [0, 0.1) is 0 Å². The van der Waals surface area contributed by atoms with Crippen LogP contribution in [0.4, 0.5) is 0 Å². The topological polar surface area (TPSA) is 44.8 Å². The minimum atomic E-state index is 0.00965. The molecule has 1 aromatic rings. The number of carbonyl (C=O) groups is 1. The third-order valence-corrected chi connectivity index (χ3v) is 5.75. The van der Waals surface area contributed by atoms with Gasteiger partial charge in [0.2, 0.25) is 0 Å². The lowest BCUT2D eigenvalue weighted by atomic mass is 10.1. The first kappa shape index (κ1) is 17.0. The molecule has 136 valence electrons. The number of amides is 1. The summed E-state index contributed by atoms with van der Waals surface area (Å²) in [6.07, 6.45) is 5.23. The van der Waals surface area contributed by atoms with Gasteiger partial charge in [0.1, 0.15) is 0 Å². The number of hydrogen-bond acceptors (Lipinski definition) is 4. The number of fused-ring (bicyclic) bond motifs is 1. The van der Waals surface area contributed by atoms with Gasteiger partial charge in [-0.05, 0) is 63.0 Å². The number of benzene rings is 1. The van der Waals surface area contributed by atoms with E-state index >= 15 is 0 Å². The number of likely N-dealkylation sites (tertiary alicyclic amines) is 1. The highest BCUT2D eigenvalue weighted by Crippen LogP contribution is 2.22. The molecule has 3 fully saturated rings. The molecule has 2 atom stereocenters. The molecule has 0 bridgehead atoms. The highest BCUT2D eigenvalue weighted by atomic mass is 16.5. The van der Waals surface area contributed by atoms with Gasteiger partial charge in [-0.25, -0.2) is 0 Å². The van der Waals surface area contributed by atoms with E-state index in [1.165, 1.54) is 50.9 Å². The summed E-state index contributed by atoms with van der Waals surface area (Å²) in [5, 5.41) is 3.07. The fourth-order valence-corrected chi connectivity index (χ4v) is 4.33. The van der Waals surface area contributed by atoms with E-state index in [-0.39, 0.29) is 12.0 Å². The molecule has 1 amide bonds. The Labute approximate surface area is 150 Å². The van der Waals surface area contributed by atoms with Crippen molar-refractivity contribution in [3.05, 3.63) is 35.4 Å². The van der Waals surface area contributed by atoms with Gasteiger partial charge in [0.25, 0.3) is 5.91 Å². The van der Waals surface area contributed by atoms with E-state index in [4.69, 9.17) is 4.74 Å². The minimum Gasteiger partial charge on any atom is -0.373 e. The van der Waals surface area contributed by atoms with E-state index in [0.29, 0.717) is 12.6 Å². The Hall–Kier alpha value is -1.43. The standard InChI is InChI=1S/C20H29N3O2/c24-20(21-12-19-14-23-10-4-7-18(23)15-25-19)17-6-3-5-16(11-17)13-22-8-1-2-9-22/h3,5-6,11,18-19H,1-2,4,7-10,12-15H2,(H,21,24). The van der Waals surface area contributed by atoms with Crippen LogP contribution in [0.15, 0.2) is 24.3 Å². The van der Waals surface area contributed by atoms with E-state index in [9.17, 15) is 4.79 Å². The normalized spacial score (nSPS) is 27.4. The number of morpholine rings is 1. The fraction of sp³-hybridized carbons (Fsp3) is 0.650. The van der Waals surface area contributed by atoms with Crippen molar-refractivity contribution in [2.24, 2.45) is 0 Å². The average Bonchev–Trinajstić information content (AvgIpc) is 3.31. The first-order valence-corrected chi connectivity index (χ1v) is 9.73. The predicted octanol–water partition coefficient (Wildman–Crippen LogP) is 1.88. The number of rotatable bonds is 5. The van der Waals surface area contributed by atoms with Crippen LogP contribution in [0.25, 0.3) is 0 Å². The molecular formula is C20H29N3O2. The highest BCUT2D eigenvalue weighted by molar-refractivity contribution is 5.94. The maximum Gasteiger partial charge on any atom is 0.251 e. The van der Waals surface area contributed by atoms with E-state index < -0.39 is 0 Å². The quantitative estimate of drug-likeness (QED) is 0.887. The number of nitrogens with zero attached hydrogens (tertiary/aromatic N) is 2. The van der Waals surface area contributed by atoms with Crippen LogP contribution in [0.1, 0.15) is 41.6 Å². The Morgan fingerprint density at radius 3 is 2.96 bits per heavy atom. The molecule has 25 heavy (non-hydrogen) atoms. The Balaban J connectivity index is 1.28. The molecule has 3 aliphatic rings. The number of carbonyl (C=O) groups excluding carboxylic acids is 1. The lowest BCUT2D eigenvalue weighted by Crippen LogP contribution is -2.50. The van der Waals surface area contributed by atoms with Gasteiger partial charge >= 0.3 is 0 Å². The van der Waals surface area contributed by atoms with E-state index in [1.807, 2.05) is 18.2 Å². The molecule has 4 rings (SSSR count). The molecular weight excluding hydrogens is 314 g/mol. The third kappa shape index (κ3) is 4.22. The molecule has 0 aliphatic carbocycles. The Morgan fingerprint density at radius 1 is 1.20 bits per heavy atom. The molecule has 3 aliphatic heterocycles. The van der Waals surface area contributed by atoms with Crippen LogP contribution in [-0.4, -0.2) is 67.2 Å². The average molecular weight is 343 g/mol. The van der Waals surface area contributed by atoms with Gasteiger partial charge in [-0.3, -0.25) is 14.6 Å². The van der Waals surface area contributed by atoms with Crippen LogP contribution in [0.3, 0.4) is 0 Å². The second-order valence-corrected chi connectivity index (χ2v) is 7.64. The summed E-state index contributed by atoms with van der Waals surface area (Å²) in [5.41, 5.74) is 1.98.